The number of aromatic amines is 1. The van der Waals surface area contributed by atoms with E-state index in [1.54, 1.807) is 0 Å². The molecule has 0 aliphatic carbocycles. The predicted molar refractivity (Wildman–Crippen MR) is 125 cm³/mol. The summed E-state index contributed by atoms with van der Waals surface area (Å²) < 4.78 is 0. The monoisotopic (exact) mass is 416 g/mol. The largest absolute Gasteiger partial charge is 0.377 e. The standard InChI is InChI=1S/C23H32N4O.ClH/c1-4-5-6-11-24-23(28)26-19-7-8-22-20(14-19)21(15-25-22)18-9-12-27(13-10-18)16-17(2)3;/h4,7-9,12,14-15,17-18,25H,1,5-6,10-11,13,16H2,2-3H3,(H2,24,26,28);1H. The Morgan fingerprint density at radius 2 is 2.24 bits per heavy atom. The maximum atomic E-state index is 12.1. The quantitative estimate of drug-likeness (QED) is 0.385. The number of carbonyl (C=O) groups is 1. The van der Waals surface area contributed by atoms with Crippen molar-refractivity contribution >= 4 is 35.0 Å². The second-order valence-electron chi connectivity index (χ2n) is 7.94. The lowest BCUT2D eigenvalue weighted by atomic mass is 9.92. The number of urea groups is 1. The molecule has 158 valence electrons. The molecule has 1 aromatic carbocycles. The number of amides is 2. The highest BCUT2D eigenvalue weighted by molar-refractivity contribution is 5.94. The topological polar surface area (TPSA) is 60.2 Å². The number of benzene rings is 1. The van der Waals surface area contributed by atoms with Crippen molar-refractivity contribution in [3.63, 3.8) is 0 Å². The first-order chi connectivity index (χ1) is 13.6. The fraction of sp³-hybridized carbons (Fsp3) is 0.435. The second-order valence-corrected chi connectivity index (χ2v) is 7.94. The van der Waals surface area contributed by atoms with Crippen molar-refractivity contribution in [1.82, 2.24) is 15.2 Å². The van der Waals surface area contributed by atoms with Crippen LogP contribution in [-0.2, 0) is 0 Å². The molecular weight excluding hydrogens is 384 g/mol. The van der Waals surface area contributed by atoms with Crippen LogP contribution in [0.3, 0.4) is 0 Å². The Balaban J connectivity index is 0.00000300. The molecule has 1 aliphatic heterocycles. The lowest BCUT2D eigenvalue weighted by Gasteiger charge is -2.29. The highest BCUT2D eigenvalue weighted by atomic mass is 35.5. The summed E-state index contributed by atoms with van der Waals surface area (Å²) in [6, 6.07) is 5.87. The Hall–Kier alpha value is -2.40. The summed E-state index contributed by atoms with van der Waals surface area (Å²) in [6.45, 7) is 11.0. The van der Waals surface area contributed by atoms with Crippen LogP contribution in [0.5, 0.6) is 0 Å². The Morgan fingerprint density at radius 3 is 2.93 bits per heavy atom. The van der Waals surface area contributed by atoms with E-state index in [1.807, 2.05) is 18.2 Å². The first kappa shape index (κ1) is 22.9. The van der Waals surface area contributed by atoms with Gasteiger partial charge >= 0.3 is 6.03 Å². The number of rotatable bonds is 8. The van der Waals surface area contributed by atoms with Crippen molar-refractivity contribution in [2.75, 3.05) is 25.0 Å². The summed E-state index contributed by atoms with van der Waals surface area (Å²) >= 11 is 0. The maximum Gasteiger partial charge on any atom is 0.319 e. The molecular formula is C23H33ClN4O. The zero-order chi connectivity index (χ0) is 19.9. The molecule has 0 spiro atoms. The molecule has 3 N–H and O–H groups in total. The number of nitrogens with zero attached hydrogens (tertiary/aromatic N) is 1. The van der Waals surface area contributed by atoms with Crippen LogP contribution in [-0.4, -0.2) is 35.5 Å². The van der Waals surface area contributed by atoms with Crippen LogP contribution < -0.4 is 10.6 Å². The number of hydrogen-bond acceptors (Lipinski definition) is 2. The van der Waals surface area contributed by atoms with Crippen LogP contribution in [0.15, 0.2) is 49.3 Å². The third-order valence-corrected chi connectivity index (χ3v) is 5.10. The Labute approximate surface area is 180 Å². The van der Waals surface area contributed by atoms with E-state index in [0.717, 1.165) is 43.6 Å². The number of hydrogen-bond donors (Lipinski definition) is 3. The first-order valence-electron chi connectivity index (χ1n) is 10.3. The number of aromatic nitrogens is 1. The third kappa shape index (κ3) is 6.29. The van der Waals surface area contributed by atoms with Gasteiger partial charge in [0.25, 0.3) is 0 Å². The molecule has 0 fully saturated rings. The van der Waals surface area contributed by atoms with Crippen molar-refractivity contribution in [2.45, 2.75) is 39.0 Å². The van der Waals surface area contributed by atoms with Gasteiger partial charge in [-0.2, -0.15) is 0 Å². The smallest absolute Gasteiger partial charge is 0.319 e. The molecule has 2 amide bonds. The van der Waals surface area contributed by atoms with Gasteiger partial charge in [0.1, 0.15) is 0 Å². The van der Waals surface area contributed by atoms with Crippen LogP contribution >= 0.6 is 12.4 Å². The van der Waals surface area contributed by atoms with Gasteiger partial charge in [0.2, 0.25) is 0 Å². The van der Waals surface area contributed by atoms with E-state index in [9.17, 15) is 4.79 Å². The van der Waals surface area contributed by atoms with Gasteiger partial charge in [-0.1, -0.05) is 26.0 Å². The molecule has 1 unspecified atom stereocenters. The molecule has 2 aromatic rings. The van der Waals surface area contributed by atoms with Crippen molar-refractivity contribution in [3.05, 3.63) is 54.9 Å². The molecule has 6 heteroatoms. The highest BCUT2D eigenvalue weighted by Crippen LogP contribution is 2.32. The molecule has 2 heterocycles. The number of halogens is 1. The number of H-pyrrole nitrogens is 1. The van der Waals surface area contributed by atoms with Gasteiger partial charge in [-0.05, 0) is 55.1 Å². The van der Waals surface area contributed by atoms with Crippen molar-refractivity contribution in [3.8, 4) is 0 Å². The van der Waals surface area contributed by atoms with E-state index in [1.165, 1.54) is 10.9 Å². The lowest BCUT2D eigenvalue weighted by molar-refractivity contribution is 0.252. The second kappa shape index (κ2) is 11.0. The minimum Gasteiger partial charge on any atom is -0.377 e. The van der Waals surface area contributed by atoms with Crippen LogP contribution in [0.2, 0.25) is 0 Å². The first-order valence-corrected chi connectivity index (χ1v) is 10.3. The van der Waals surface area contributed by atoms with E-state index in [4.69, 9.17) is 0 Å². The molecule has 29 heavy (non-hydrogen) atoms. The Morgan fingerprint density at radius 1 is 1.41 bits per heavy atom. The maximum absolute atomic E-state index is 12.1. The summed E-state index contributed by atoms with van der Waals surface area (Å²) in [6.07, 6.45) is 11.4. The van der Waals surface area contributed by atoms with Gasteiger partial charge in [0.15, 0.2) is 0 Å². The summed E-state index contributed by atoms with van der Waals surface area (Å²) in [5, 5.41) is 7.00. The van der Waals surface area contributed by atoms with Crippen molar-refractivity contribution in [2.24, 2.45) is 5.92 Å². The minimum absolute atomic E-state index is 0. The summed E-state index contributed by atoms with van der Waals surface area (Å²) in [5.74, 6) is 1.07. The van der Waals surface area contributed by atoms with Crippen LogP contribution in [0.25, 0.3) is 10.9 Å². The Bertz CT molecular complexity index is 843. The fourth-order valence-electron chi connectivity index (χ4n) is 3.73. The molecule has 5 nitrogen and oxygen atoms in total. The fourth-order valence-corrected chi connectivity index (χ4v) is 3.73. The van der Waals surface area contributed by atoms with Crippen LogP contribution in [0, 0.1) is 5.92 Å². The summed E-state index contributed by atoms with van der Waals surface area (Å²) in [5.41, 5.74) is 3.21. The third-order valence-electron chi connectivity index (χ3n) is 5.10. The van der Waals surface area contributed by atoms with Gasteiger partial charge in [0, 0.05) is 48.3 Å². The van der Waals surface area contributed by atoms with Gasteiger partial charge in [-0.3, -0.25) is 0 Å². The van der Waals surface area contributed by atoms with Gasteiger partial charge in [-0.15, -0.1) is 19.0 Å². The number of allylic oxidation sites excluding steroid dienone is 2. The number of unbranched alkanes of at least 4 members (excludes halogenated alkanes) is 1. The normalized spacial score (nSPS) is 16.0. The van der Waals surface area contributed by atoms with Gasteiger partial charge in [-0.25, -0.2) is 4.79 Å². The molecule has 1 aliphatic rings. The molecule has 1 aromatic heterocycles. The molecule has 0 saturated carbocycles. The Kier molecular flexibility index (Phi) is 8.65. The van der Waals surface area contributed by atoms with E-state index < -0.39 is 0 Å². The SMILES string of the molecule is C=CCCCNC(=O)Nc1ccc2[nH]cc(C3C=CN(CC(C)C)CC3)c2c1.Cl. The lowest BCUT2D eigenvalue weighted by Crippen LogP contribution is -2.29. The number of nitrogens with one attached hydrogen (secondary N) is 3. The van der Waals surface area contributed by atoms with Crippen molar-refractivity contribution < 1.29 is 4.79 Å². The molecule has 0 saturated heterocycles. The molecule has 1 atom stereocenters. The van der Waals surface area contributed by atoms with Crippen molar-refractivity contribution in [1.29, 1.82) is 0 Å². The van der Waals surface area contributed by atoms with E-state index >= 15 is 0 Å². The summed E-state index contributed by atoms with van der Waals surface area (Å²) in [4.78, 5) is 17.9. The number of anilines is 1. The zero-order valence-electron chi connectivity index (χ0n) is 17.4. The van der Waals surface area contributed by atoms with E-state index in [2.05, 4.69) is 65.5 Å². The average molecular weight is 417 g/mol. The molecule has 3 rings (SSSR count). The minimum atomic E-state index is -0.164. The van der Waals surface area contributed by atoms with E-state index in [0.29, 0.717) is 18.4 Å². The number of fused-ring (bicyclic) bond motifs is 1. The molecule has 0 radical (unpaired) electrons. The number of carbonyl (C=O) groups excluding carboxylic acids is 1. The van der Waals surface area contributed by atoms with Crippen LogP contribution in [0.1, 0.15) is 44.6 Å². The average Bonchev–Trinajstić information content (AvgIpc) is 3.09. The van der Waals surface area contributed by atoms with Crippen LogP contribution in [0.4, 0.5) is 10.5 Å². The predicted octanol–water partition coefficient (Wildman–Crippen LogP) is 5.64. The van der Waals surface area contributed by atoms with Gasteiger partial charge < -0.3 is 20.5 Å². The van der Waals surface area contributed by atoms with Gasteiger partial charge in [0.05, 0.1) is 0 Å². The van der Waals surface area contributed by atoms with E-state index in [-0.39, 0.29) is 18.4 Å². The summed E-state index contributed by atoms with van der Waals surface area (Å²) in [7, 11) is 0. The molecule has 0 bridgehead atoms. The zero-order valence-corrected chi connectivity index (χ0v) is 18.2. The highest BCUT2D eigenvalue weighted by Gasteiger charge is 2.19.